The first-order chi connectivity index (χ1) is 4.88. The minimum atomic E-state index is 0.970. The van der Waals surface area contributed by atoms with Crippen molar-refractivity contribution in [1.29, 1.82) is 0 Å². The molecule has 2 nitrogen and oxygen atoms in total. The number of hydrogen-bond acceptors (Lipinski definition) is 2. The van der Waals surface area contributed by atoms with Crippen LogP contribution in [-0.4, -0.2) is 11.6 Å². The molecule has 0 aromatic heterocycles. The van der Waals surface area contributed by atoms with Crippen LogP contribution in [0, 0.1) is 0 Å². The van der Waals surface area contributed by atoms with Gasteiger partial charge in [-0.15, -0.1) is 0 Å². The van der Waals surface area contributed by atoms with E-state index in [0.29, 0.717) is 0 Å². The van der Waals surface area contributed by atoms with Crippen molar-refractivity contribution in [2.24, 2.45) is 0 Å². The third kappa shape index (κ3) is 0.719. The molecule has 2 aliphatic heterocycles. The van der Waals surface area contributed by atoms with Crippen LogP contribution in [0.4, 0.5) is 0 Å². The minimum absolute atomic E-state index is 0.970. The molecule has 2 rings (SSSR count). The molecule has 1 N–H and O–H groups in total. The zero-order valence-electron chi connectivity index (χ0n) is 6.22. The lowest BCUT2D eigenvalue weighted by atomic mass is 10.1. The van der Waals surface area contributed by atoms with Gasteiger partial charge in [0.25, 0.3) is 0 Å². The van der Waals surface area contributed by atoms with E-state index in [0.717, 1.165) is 6.67 Å². The lowest BCUT2D eigenvalue weighted by Crippen LogP contribution is -2.19. The molecule has 0 radical (unpaired) electrons. The normalized spacial score (nSPS) is 23.1. The summed E-state index contributed by atoms with van der Waals surface area (Å²) in [4.78, 5) is 2.28. The summed E-state index contributed by atoms with van der Waals surface area (Å²) >= 11 is 0. The Kier molecular flexibility index (Phi) is 1.19. The van der Waals surface area contributed by atoms with Gasteiger partial charge in [0.15, 0.2) is 0 Å². The summed E-state index contributed by atoms with van der Waals surface area (Å²) in [6.45, 7) is 3.12. The highest BCUT2D eigenvalue weighted by Crippen LogP contribution is 2.23. The van der Waals surface area contributed by atoms with Gasteiger partial charge < -0.3 is 10.2 Å². The Bertz CT molecular complexity index is 203. The smallest absolute Gasteiger partial charge is 0.0915 e. The van der Waals surface area contributed by atoms with E-state index in [1.165, 1.54) is 24.2 Å². The second kappa shape index (κ2) is 2.04. The zero-order valence-corrected chi connectivity index (χ0v) is 6.22. The third-order valence-electron chi connectivity index (χ3n) is 2.13. The molecule has 0 aliphatic carbocycles. The molecule has 0 atom stereocenters. The van der Waals surface area contributed by atoms with E-state index in [9.17, 15) is 0 Å². The Balaban J connectivity index is 2.30. The second-order valence-corrected chi connectivity index (χ2v) is 2.80. The van der Waals surface area contributed by atoms with Crippen LogP contribution in [0.1, 0.15) is 19.8 Å². The van der Waals surface area contributed by atoms with Gasteiger partial charge in [-0.2, -0.15) is 0 Å². The molecule has 54 valence electrons. The lowest BCUT2D eigenvalue weighted by molar-refractivity contribution is 0.456. The number of fused-ring (bicyclic) bond motifs is 1. The molecule has 0 saturated heterocycles. The van der Waals surface area contributed by atoms with Gasteiger partial charge in [0, 0.05) is 17.6 Å². The monoisotopic (exact) mass is 136 g/mol. The molecule has 2 heterocycles. The number of nitrogens with one attached hydrogen (secondary N) is 1. The SMILES string of the molecule is CC1=C2CCC=CN2CN1. The highest BCUT2D eigenvalue weighted by molar-refractivity contribution is 5.20. The molecule has 2 heteroatoms. The van der Waals surface area contributed by atoms with Crippen molar-refractivity contribution in [3.8, 4) is 0 Å². The fraction of sp³-hybridized carbons (Fsp3) is 0.500. The van der Waals surface area contributed by atoms with Crippen molar-refractivity contribution in [2.75, 3.05) is 6.67 Å². The first-order valence-corrected chi connectivity index (χ1v) is 3.75. The highest BCUT2D eigenvalue weighted by atomic mass is 15.3. The molecule has 10 heavy (non-hydrogen) atoms. The standard InChI is InChI=1S/C8H12N2/c1-7-8-4-2-3-5-10(8)6-9-7/h3,5,9H,2,4,6H2,1H3. The summed E-state index contributed by atoms with van der Waals surface area (Å²) in [5.74, 6) is 0. The average molecular weight is 136 g/mol. The predicted molar refractivity (Wildman–Crippen MR) is 40.9 cm³/mol. The van der Waals surface area contributed by atoms with Gasteiger partial charge in [-0.05, 0) is 19.8 Å². The van der Waals surface area contributed by atoms with Crippen LogP contribution in [0.15, 0.2) is 23.7 Å². The first kappa shape index (κ1) is 5.83. The highest BCUT2D eigenvalue weighted by Gasteiger charge is 2.17. The van der Waals surface area contributed by atoms with Crippen molar-refractivity contribution in [1.82, 2.24) is 10.2 Å². The van der Waals surface area contributed by atoms with E-state index in [4.69, 9.17) is 0 Å². The minimum Gasteiger partial charge on any atom is -0.370 e. The maximum Gasteiger partial charge on any atom is 0.0915 e. The number of hydrogen-bond donors (Lipinski definition) is 1. The van der Waals surface area contributed by atoms with Crippen LogP contribution in [-0.2, 0) is 0 Å². The molecule has 0 bridgehead atoms. The van der Waals surface area contributed by atoms with Crippen molar-refractivity contribution in [3.05, 3.63) is 23.7 Å². The van der Waals surface area contributed by atoms with E-state index in [-0.39, 0.29) is 0 Å². The van der Waals surface area contributed by atoms with E-state index in [2.05, 4.69) is 29.4 Å². The molecule has 0 aromatic rings. The Morgan fingerprint density at radius 3 is 3.30 bits per heavy atom. The van der Waals surface area contributed by atoms with Gasteiger partial charge in [0.2, 0.25) is 0 Å². The second-order valence-electron chi connectivity index (χ2n) is 2.80. The zero-order chi connectivity index (χ0) is 6.97. The molecule has 0 aromatic carbocycles. The summed E-state index contributed by atoms with van der Waals surface area (Å²) in [6, 6.07) is 0. The summed E-state index contributed by atoms with van der Waals surface area (Å²) in [5.41, 5.74) is 2.83. The van der Waals surface area contributed by atoms with Crippen molar-refractivity contribution in [3.63, 3.8) is 0 Å². The van der Waals surface area contributed by atoms with E-state index in [1.54, 1.807) is 0 Å². The molecular formula is C8H12N2. The van der Waals surface area contributed by atoms with Crippen LogP contribution in [0.2, 0.25) is 0 Å². The van der Waals surface area contributed by atoms with Crippen LogP contribution >= 0.6 is 0 Å². The molecule has 2 aliphatic rings. The first-order valence-electron chi connectivity index (χ1n) is 3.75. The van der Waals surface area contributed by atoms with Gasteiger partial charge in [0.1, 0.15) is 0 Å². The summed E-state index contributed by atoms with van der Waals surface area (Å²) in [5, 5.41) is 3.32. The third-order valence-corrected chi connectivity index (χ3v) is 2.13. The lowest BCUT2D eigenvalue weighted by Gasteiger charge is -2.19. The Morgan fingerprint density at radius 1 is 1.60 bits per heavy atom. The van der Waals surface area contributed by atoms with E-state index in [1.807, 2.05) is 0 Å². The van der Waals surface area contributed by atoms with Gasteiger partial charge in [-0.3, -0.25) is 0 Å². The van der Waals surface area contributed by atoms with E-state index < -0.39 is 0 Å². The fourth-order valence-corrected chi connectivity index (χ4v) is 1.51. The number of nitrogens with zero attached hydrogens (tertiary/aromatic N) is 1. The predicted octanol–water partition coefficient (Wildman–Crippen LogP) is 1.39. The average Bonchev–Trinajstić information content (AvgIpc) is 2.34. The van der Waals surface area contributed by atoms with Gasteiger partial charge in [-0.1, -0.05) is 6.08 Å². The number of allylic oxidation sites excluding steroid dienone is 3. The summed E-state index contributed by atoms with van der Waals surface area (Å²) in [6.07, 6.45) is 6.80. The van der Waals surface area contributed by atoms with Gasteiger partial charge in [0.05, 0.1) is 6.67 Å². The van der Waals surface area contributed by atoms with Crippen molar-refractivity contribution < 1.29 is 0 Å². The Labute approximate surface area is 61.2 Å². The number of rotatable bonds is 0. The molecule has 0 saturated carbocycles. The molecule has 0 fully saturated rings. The van der Waals surface area contributed by atoms with Gasteiger partial charge in [-0.25, -0.2) is 0 Å². The topological polar surface area (TPSA) is 15.3 Å². The molecular weight excluding hydrogens is 124 g/mol. The molecule has 0 amide bonds. The van der Waals surface area contributed by atoms with Crippen LogP contribution in [0.5, 0.6) is 0 Å². The van der Waals surface area contributed by atoms with Gasteiger partial charge >= 0.3 is 0 Å². The Hall–Kier alpha value is -0.920. The molecule has 0 spiro atoms. The fourth-order valence-electron chi connectivity index (χ4n) is 1.51. The van der Waals surface area contributed by atoms with E-state index >= 15 is 0 Å². The Morgan fingerprint density at radius 2 is 2.50 bits per heavy atom. The van der Waals surface area contributed by atoms with Crippen LogP contribution in [0.3, 0.4) is 0 Å². The van der Waals surface area contributed by atoms with Crippen molar-refractivity contribution >= 4 is 0 Å². The largest absolute Gasteiger partial charge is 0.370 e. The molecule has 0 unspecified atom stereocenters. The quantitative estimate of drug-likeness (QED) is 0.541. The summed E-state index contributed by atoms with van der Waals surface area (Å²) < 4.78 is 0. The summed E-state index contributed by atoms with van der Waals surface area (Å²) in [7, 11) is 0. The van der Waals surface area contributed by atoms with Crippen LogP contribution in [0.25, 0.3) is 0 Å². The maximum absolute atomic E-state index is 3.32. The maximum atomic E-state index is 3.32. The van der Waals surface area contributed by atoms with Crippen LogP contribution < -0.4 is 5.32 Å². The van der Waals surface area contributed by atoms with Crippen molar-refractivity contribution in [2.45, 2.75) is 19.8 Å².